The molecule has 2 amide bonds. The van der Waals surface area contributed by atoms with Gasteiger partial charge in [-0.25, -0.2) is 4.79 Å². The molecule has 116 valence electrons. The van der Waals surface area contributed by atoms with Crippen LogP contribution in [0.4, 0.5) is 10.5 Å². The summed E-state index contributed by atoms with van der Waals surface area (Å²) in [5.74, 6) is 0. The molecule has 2 rings (SSSR count). The third-order valence-corrected chi connectivity index (χ3v) is 3.72. The van der Waals surface area contributed by atoms with Crippen molar-refractivity contribution in [2.45, 2.75) is 33.2 Å². The molecule has 3 nitrogen and oxygen atoms in total. The fraction of sp³-hybridized carbons (Fsp3) is 0.278. The summed E-state index contributed by atoms with van der Waals surface area (Å²) in [5.41, 5.74) is 4.10. The van der Waals surface area contributed by atoms with E-state index in [1.807, 2.05) is 57.2 Å². The Morgan fingerprint density at radius 3 is 2.23 bits per heavy atom. The van der Waals surface area contributed by atoms with Gasteiger partial charge in [0.05, 0.1) is 6.04 Å². The molecule has 0 aliphatic carbocycles. The van der Waals surface area contributed by atoms with Crippen molar-refractivity contribution in [1.82, 2.24) is 5.32 Å². The second-order valence-corrected chi connectivity index (χ2v) is 5.92. The molecule has 0 aliphatic rings. The third-order valence-electron chi connectivity index (χ3n) is 3.47. The number of carbonyl (C=O) groups excluding carboxylic acids is 1. The zero-order valence-corrected chi connectivity index (χ0v) is 13.9. The van der Waals surface area contributed by atoms with Crippen molar-refractivity contribution >= 4 is 23.3 Å². The largest absolute Gasteiger partial charge is 0.331 e. The van der Waals surface area contributed by atoms with Crippen LogP contribution < -0.4 is 10.6 Å². The van der Waals surface area contributed by atoms with E-state index in [2.05, 4.69) is 16.7 Å². The van der Waals surface area contributed by atoms with Crippen molar-refractivity contribution in [3.63, 3.8) is 0 Å². The van der Waals surface area contributed by atoms with E-state index in [-0.39, 0.29) is 12.1 Å². The number of halogens is 1. The van der Waals surface area contributed by atoms with E-state index < -0.39 is 0 Å². The van der Waals surface area contributed by atoms with Gasteiger partial charge in [0.2, 0.25) is 0 Å². The standard InChI is InChI=1S/C18H21ClN2O/c1-4-17(14-5-7-15(19)8-6-14)21-18(22)20-16-10-12(2)9-13(3)11-16/h5-11,17H,4H2,1-3H3,(H2,20,21,22). The Morgan fingerprint density at radius 1 is 1.09 bits per heavy atom. The predicted octanol–water partition coefficient (Wildman–Crippen LogP) is 5.23. The van der Waals surface area contributed by atoms with Crippen LogP contribution in [0.1, 0.15) is 36.1 Å². The Morgan fingerprint density at radius 2 is 1.68 bits per heavy atom. The second-order valence-electron chi connectivity index (χ2n) is 5.49. The summed E-state index contributed by atoms with van der Waals surface area (Å²) >= 11 is 5.90. The first-order valence-electron chi connectivity index (χ1n) is 7.39. The molecule has 0 saturated heterocycles. The highest BCUT2D eigenvalue weighted by Crippen LogP contribution is 2.20. The lowest BCUT2D eigenvalue weighted by Crippen LogP contribution is -2.32. The van der Waals surface area contributed by atoms with Crippen LogP contribution in [0.15, 0.2) is 42.5 Å². The van der Waals surface area contributed by atoms with E-state index >= 15 is 0 Å². The van der Waals surface area contributed by atoms with Gasteiger partial charge in [-0.2, -0.15) is 0 Å². The number of rotatable bonds is 4. The molecule has 0 aliphatic heterocycles. The minimum atomic E-state index is -0.202. The Balaban J connectivity index is 2.04. The number of aryl methyl sites for hydroxylation is 2. The average molecular weight is 317 g/mol. The van der Waals surface area contributed by atoms with Gasteiger partial charge in [0.25, 0.3) is 0 Å². The van der Waals surface area contributed by atoms with Crippen molar-refractivity contribution in [3.8, 4) is 0 Å². The lowest BCUT2D eigenvalue weighted by Gasteiger charge is -2.18. The number of anilines is 1. The molecule has 0 spiro atoms. The summed E-state index contributed by atoms with van der Waals surface area (Å²) in [6.07, 6.45) is 0.807. The van der Waals surface area contributed by atoms with E-state index in [0.717, 1.165) is 28.8 Å². The zero-order chi connectivity index (χ0) is 16.1. The normalized spacial score (nSPS) is 11.8. The minimum absolute atomic E-state index is 0.0387. The molecular formula is C18H21ClN2O. The zero-order valence-electron chi connectivity index (χ0n) is 13.1. The highest BCUT2D eigenvalue weighted by Gasteiger charge is 2.12. The fourth-order valence-electron chi connectivity index (χ4n) is 2.49. The molecule has 0 fully saturated rings. The van der Waals surface area contributed by atoms with Gasteiger partial charge in [0.1, 0.15) is 0 Å². The predicted molar refractivity (Wildman–Crippen MR) is 92.6 cm³/mol. The first-order chi connectivity index (χ1) is 10.5. The quantitative estimate of drug-likeness (QED) is 0.796. The SMILES string of the molecule is CCC(NC(=O)Nc1cc(C)cc(C)c1)c1ccc(Cl)cc1. The molecule has 0 radical (unpaired) electrons. The van der Waals surface area contributed by atoms with Crippen molar-refractivity contribution in [1.29, 1.82) is 0 Å². The van der Waals surface area contributed by atoms with Crippen molar-refractivity contribution in [2.24, 2.45) is 0 Å². The summed E-state index contributed by atoms with van der Waals surface area (Å²) < 4.78 is 0. The maximum absolute atomic E-state index is 12.2. The van der Waals surface area contributed by atoms with Gasteiger partial charge in [-0.1, -0.05) is 36.7 Å². The van der Waals surface area contributed by atoms with Crippen LogP contribution in [0.25, 0.3) is 0 Å². The van der Waals surface area contributed by atoms with Crippen LogP contribution >= 0.6 is 11.6 Å². The molecule has 2 aromatic rings. The van der Waals surface area contributed by atoms with Gasteiger partial charge in [0.15, 0.2) is 0 Å². The summed E-state index contributed by atoms with van der Waals surface area (Å²) in [7, 11) is 0. The van der Waals surface area contributed by atoms with Crippen molar-refractivity contribution in [3.05, 3.63) is 64.2 Å². The number of carbonyl (C=O) groups is 1. The number of hydrogen-bond donors (Lipinski definition) is 2. The second kappa shape index (κ2) is 7.32. The number of hydrogen-bond acceptors (Lipinski definition) is 1. The van der Waals surface area contributed by atoms with Gasteiger partial charge in [-0.05, 0) is 61.2 Å². The Bertz CT molecular complexity index is 632. The molecule has 4 heteroatoms. The number of benzene rings is 2. The topological polar surface area (TPSA) is 41.1 Å². The highest BCUT2D eigenvalue weighted by atomic mass is 35.5. The van der Waals surface area contributed by atoms with Gasteiger partial charge in [-0.3, -0.25) is 0 Å². The Kier molecular flexibility index (Phi) is 5.45. The van der Waals surface area contributed by atoms with Crippen LogP contribution in [-0.2, 0) is 0 Å². The summed E-state index contributed by atoms with van der Waals surface area (Å²) in [6, 6.07) is 13.3. The maximum Gasteiger partial charge on any atom is 0.319 e. The summed E-state index contributed by atoms with van der Waals surface area (Å²) in [5, 5.41) is 6.58. The molecule has 2 N–H and O–H groups in total. The smallest absolute Gasteiger partial charge is 0.319 e. The fourth-order valence-corrected chi connectivity index (χ4v) is 2.61. The average Bonchev–Trinajstić information content (AvgIpc) is 2.44. The van der Waals surface area contributed by atoms with Crippen LogP contribution in [0.3, 0.4) is 0 Å². The van der Waals surface area contributed by atoms with Crippen LogP contribution in [-0.4, -0.2) is 6.03 Å². The van der Waals surface area contributed by atoms with Gasteiger partial charge in [0, 0.05) is 10.7 Å². The monoisotopic (exact) mass is 316 g/mol. The number of amides is 2. The van der Waals surface area contributed by atoms with Gasteiger partial charge >= 0.3 is 6.03 Å². The van der Waals surface area contributed by atoms with Crippen LogP contribution in [0.2, 0.25) is 5.02 Å². The third kappa shape index (κ3) is 4.50. The minimum Gasteiger partial charge on any atom is -0.331 e. The maximum atomic E-state index is 12.2. The van der Waals surface area contributed by atoms with E-state index in [4.69, 9.17) is 11.6 Å². The lowest BCUT2D eigenvalue weighted by molar-refractivity contribution is 0.248. The molecule has 0 saturated carbocycles. The molecule has 1 atom stereocenters. The molecule has 22 heavy (non-hydrogen) atoms. The van der Waals surface area contributed by atoms with Crippen LogP contribution in [0, 0.1) is 13.8 Å². The van der Waals surface area contributed by atoms with E-state index in [1.54, 1.807) is 0 Å². The highest BCUT2D eigenvalue weighted by molar-refractivity contribution is 6.30. The Hall–Kier alpha value is -2.00. The summed E-state index contributed by atoms with van der Waals surface area (Å²) in [6.45, 7) is 6.06. The van der Waals surface area contributed by atoms with Gasteiger partial charge in [-0.15, -0.1) is 0 Å². The molecular weight excluding hydrogens is 296 g/mol. The van der Waals surface area contributed by atoms with Crippen molar-refractivity contribution in [2.75, 3.05) is 5.32 Å². The summed E-state index contributed by atoms with van der Waals surface area (Å²) in [4.78, 5) is 12.2. The van der Waals surface area contributed by atoms with E-state index in [9.17, 15) is 4.79 Å². The first-order valence-corrected chi connectivity index (χ1v) is 7.77. The molecule has 0 aromatic heterocycles. The van der Waals surface area contributed by atoms with E-state index in [0.29, 0.717) is 5.02 Å². The van der Waals surface area contributed by atoms with E-state index in [1.165, 1.54) is 0 Å². The molecule has 1 unspecified atom stereocenters. The molecule has 2 aromatic carbocycles. The Labute approximate surface area is 136 Å². The number of nitrogens with one attached hydrogen (secondary N) is 2. The lowest BCUT2D eigenvalue weighted by atomic mass is 10.1. The van der Waals surface area contributed by atoms with Crippen LogP contribution in [0.5, 0.6) is 0 Å². The first kappa shape index (κ1) is 16.4. The molecule has 0 heterocycles. The number of urea groups is 1. The van der Waals surface area contributed by atoms with Gasteiger partial charge < -0.3 is 10.6 Å². The molecule has 0 bridgehead atoms. The van der Waals surface area contributed by atoms with Crippen molar-refractivity contribution < 1.29 is 4.79 Å².